The van der Waals surface area contributed by atoms with E-state index < -0.39 is 0 Å². The van der Waals surface area contributed by atoms with Crippen molar-refractivity contribution < 1.29 is 9.18 Å². The van der Waals surface area contributed by atoms with Crippen molar-refractivity contribution in [2.24, 2.45) is 4.99 Å². The van der Waals surface area contributed by atoms with E-state index in [9.17, 15) is 9.18 Å². The molecule has 2 aliphatic rings. The third kappa shape index (κ3) is 4.46. The Kier molecular flexibility index (Phi) is 5.02. The molecule has 0 aromatic heterocycles. The van der Waals surface area contributed by atoms with Crippen molar-refractivity contribution in [2.45, 2.75) is 44.1 Å². The van der Waals surface area contributed by atoms with E-state index in [1.54, 1.807) is 12.1 Å². The van der Waals surface area contributed by atoms with Gasteiger partial charge in [-0.2, -0.15) is 0 Å². The molecule has 6 heteroatoms. The van der Waals surface area contributed by atoms with Crippen molar-refractivity contribution in [3.05, 3.63) is 35.6 Å². The summed E-state index contributed by atoms with van der Waals surface area (Å²) in [5, 5.41) is 9.38. The van der Waals surface area contributed by atoms with Gasteiger partial charge in [0.15, 0.2) is 5.96 Å². The minimum Gasteiger partial charge on any atom is -0.357 e. The Morgan fingerprint density at radius 1 is 1.33 bits per heavy atom. The maximum Gasteiger partial charge on any atom is 0.242 e. The SMILES string of the molecule is CCNC(=NCC(=O)NC1CC1)NCC1(c2cccc(F)c2)CC1. The van der Waals surface area contributed by atoms with Crippen LogP contribution in [0.1, 0.15) is 38.2 Å². The molecule has 2 fully saturated rings. The van der Waals surface area contributed by atoms with E-state index >= 15 is 0 Å². The molecule has 0 aliphatic heterocycles. The zero-order valence-electron chi connectivity index (χ0n) is 14.1. The van der Waals surface area contributed by atoms with Crippen LogP contribution >= 0.6 is 0 Å². The predicted octanol–water partition coefficient (Wildman–Crippen LogP) is 1.69. The van der Waals surface area contributed by atoms with Crippen molar-refractivity contribution in [1.82, 2.24) is 16.0 Å². The molecule has 1 aromatic rings. The highest BCUT2D eigenvalue weighted by Gasteiger charge is 2.44. The van der Waals surface area contributed by atoms with Gasteiger partial charge in [-0.1, -0.05) is 12.1 Å². The number of halogens is 1. The van der Waals surface area contributed by atoms with Crippen LogP contribution in [0.2, 0.25) is 0 Å². The number of guanidine groups is 1. The molecular weight excluding hydrogens is 307 g/mol. The van der Waals surface area contributed by atoms with Crippen LogP contribution in [-0.4, -0.2) is 37.5 Å². The van der Waals surface area contributed by atoms with Crippen LogP contribution in [0.4, 0.5) is 4.39 Å². The standard InChI is InChI=1S/C18H25FN4O/c1-2-20-17(21-11-16(24)23-15-6-7-15)22-12-18(8-9-18)13-4-3-5-14(19)10-13/h3-5,10,15H,2,6-9,11-12H2,1H3,(H,23,24)(H2,20,21,22). The average Bonchev–Trinajstić information content (AvgIpc) is 3.46. The van der Waals surface area contributed by atoms with E-state index in [4.69, 9.17) is 0 Å². The van der Waals surface area contributed by atoms with Gasteiger partial charge >= 0.3 is 0 Å². The molecule has 130 valence electrons. The summed E-state index contributed by atoms with van der Waals surface area (Å²) in [6.45, 7) is 3.52. The molecule has 2 saturated carbocycles. The Morgan fingerprint density at radius 2 is 2.12 bits per heavy atom. The first-order chi connectivity index (χ1) is 11.6. The first kappa shape index (κ1) is 16.7. The Morgan fingerprint density at radius 3 is 2.75 bits per heavy atom. The van der Waals surface area contributed by atoms with Gasteiger partial charge in [-0.15, -0.1) is 0 Å². The number of rotatable bonds is 7. The molecule has 0 bridgehead atoms. The zero-order chi connectivity index (χ0) is 17.0. The zero-order valence-corrected chi connectivity index (χ0v) is 14.1. The molecule has 2 aliphatic carbocycles. The summed E-state index contributed by atoms with van der Waals surface area (Å²) in [4.78, 5) is 16.1. The summed E-state index contributed by atoms with van der Waals surface area (Å²) in [7, 11) is 0. The lowest BCUT2D eigenvalue weighted by Gasteiger charge is -2.19. The maximum atomic E-state index is 13.5. The van der Waals surface area contributed by atoms with Crippen LogP contribution in [0.3, 0.4) is 0 Å². The largest absolute Gasteiger partial charge is 0.357 e. The van der Waals surface area contributed by atoms with Crippen LogP contribution in [0.15, 0.2) is 29.3 Å². The van der Waals surface area contributed by atoms with E-state index in [0.717, 1.165) is 37.8 Å². The fraction of sp³-hybridized carbons (Fsp3) is 0.556. The van der Waals surface area contributed by atoms with E-state index in [1.807, 2.05) is 13.0 Å². The predicted molar refractivity (Wildman–Crippen MR) is 92.5 cm³/mol. The normalized spacial score (nSPS) is 18.8. The smallest absolute Gasteiger partial charge is 0.242 e. The van der Waals surface area contributed by atoms with Gasteiger partial charge in [0, 0.05) is 24.5 Å². The molecule has 0 saturated heterocycles. The number of benzene rings is 1. The highest BCUT2D eigenvalue weighted by atomic mass is 19.1. The molecule has 24 heavy (non-hydrogen) atoms. The summed E-state index contributed by atoms with van der Waals surface area (Å²) in [6.07, 6.45) is 4.21. The topological polar surface area (TPSA) is 65.5 Å². The highest BCUT2D eigenvalue weighted by Crippen LogP contribution is 2.47. The van der Waals surface area contributed by atoms with Gasteiger partial charge in [0.05, 0.1) is 0 Å². The van der Waals surface area contributed by atoms with Crippen molar-refractivity contribution in [3.8, 4) is 0 Å². The fourth-order valence-corrected chi connectivity index (χ4v) is 2.78. The molecular formula is C18H25FN4O. The Bertz CT molecular complexity index is 623. The summed E-state index contributed by atoms with van der Waals surface area (Å²) in [5.74, 6) is 0.392. The third-order valence-electron chi connectivity index (χ3n) is 4.55. The highest BCUT2D eigenvalue weighted by molar-refractivity contribution is 5.85. The lowest BCUT2D eigenvalue weighted by molar-refractivity contribution is -0.119. The lowest BCUT2D eigenvalue weighted by Crippen LogP contribution is -2.42. The van der Waals surface area contributed by atoms with Crippen molar-refractivity contribution in [3.63, 3.8) is 0 Å². The lowest BCUT2D eigenvalue weighted by atomic mass is 9.96. The quantitative estimate of drug-likeness (QED) is 0.526. The van der Waals surface area contributed by atoms with Gasteiger partial charge in [-0.3, -0.25) is 4.79 Å². The van der Waals surface area contributed by atoms with Gasteiger partial charge in [0.2, 0.25) is 5.91 Å². The summed E-state index contributed by atoms with van der Waals surface area (Å²) >= 11 is 0. The minimum atomic E-state index is -0.198. The van der Waals surface area contributed by atoms with Crippen molar-refractivity contribution >= 4 is 11.9 Å². The minimum absolute atomic E-state index is 0.0193. The molecule has 1 aromatic carbocycles. The number of hydrogen-bond acceptors (Lipinski definition) is 2. The Balaban J connectivity index is 1.56. The fourth-order valence-electron chi connectivity index (χ4n) is 2.78. The van der Waals surface area contributed by atoms with E-state index in [0.29, 0.717) is 18.5 Å². The Hall–Kier alpha value is -2.11. The number of nitrogens with zero attached hydrogens (tertiary/aromatic N) is 1. The van der Waals surface area contributed by atoms with Gasteiger partial charge < -0.3 is 16.0 Å². The van der Waals surface area contributed by atoms with E-state index in [1.165, 1.54) is 6.07 Å². The van der Waals surface area contributed by atoms with Gasteiger partial charge in [0.1, 0.15) is 12.4 Å². The molecule has 1 amide bonds. The molecule has 0 spiro atoms. The molecule has 0 radical (unpaired) electrons. The van der Waals surface area contributed by atoms with Crippen LogP contribution < -0.4 is 16.0 Å². The Labute approximate surface area is 142 Å². The van der Waals surface area contributed by atoms with Crippen molar-refractivity contribution in [1.29, 1.82) is 0 Å². The third-order valence-corrected chi connectivity index (χ3v) is 4.55. The molecule has 0 heterocycles. The molecule has 0 unspecified atom stereocenters. The molecule has 3 rings (SSSR count). The van der Waals surface area contributed by atoms with Crippen LogP contribution in [0, 0.1) is 5.82 Å². The second-order valence-electron chi connectivity index (χ2n) is 6.68. The molecule has 5 nitrogen and oxygen atoms in total. The van der Waals surface area contributed by atoms with Gasteiger partial charge in [0.25, 0.3) is 0 Å². The summed E-state index contributed by atoms with van der Waals surface area (Å²) in [6, 6.07) is 7.17. The number of hydrogen-bond donors (Lipinski definition) is 3. The number of carbonyl (C=O) groups excluding carboxylic acids is 1. The van der Waals surface area contributed by atoms with E-state index in [-0.39, 0.29) is 23.7 Å². The van der Waals surface area contributed by atoms with Gasteiger partial charge in [-0.25, -0.2) is 9.38 Å². The average molecular weight is 332 g/mol. The number of aliphatic imine (C=N–C) groups is 1. The van der Waals surface area contributed by atoms with Gasteiger partial charge in [-0.05, 0) is 50.3 Å². The summed E-state index contributed by atoms with van der Waals surface area (Å²) in [5.41, 5.74) is 1.01. The number of amides is 1. The second-order valence-corrected chi connectivity index (χ2v) is 6.68. The van der Waals surface area contributed by atoms with Crippen LogP contribution in [0.25, 0.3) is 0 Å². The molecule has 3 N–H and O–H groups in total. The second kappa shape index (κ2) is 7.20. The number of carbonyl (C=O) groups is 1. The first-order valence-corrected chi connectivity index (χ1v) is 8.69. The van der Waals surface area contributed by atoms with E-state index in [2.05, 4.69) is 20.9 Å². The monoisotopic (exact) mass is 332 g/mol. The molecule has 0 atom stereocenters. The summed E-state index contributed by atoms with van der Waals surface area (Å²) < 4.78 is 13.5. The maximum absolute atomic E-state index is 13.5. The number of nitrogens with one attached hydrogen (secondary N) is 3. The van der Waals surface area contributed by atoms with Crippen molar-refractivity contribution in [2.75, 3.05) is 19.6 Å². The van der Waals surface area contributed by atoms with Crippen LogP contribution in [-0.2, 0) is 10.2 Å². The van der Waals surface area contributed by atoms with Crippen LogP contribution in [0.5, 0.6) is 0 Å². The first-order valence-electron chi connectivity index (χ1n) is 8.69.